The van der Waals surface area contributed by atoms with Gasteiger partial charge in [-0.15, -0.1) is 0 Å². The molecule has 0 bridgehead atoms. The van der Waals surface area contributed by atoms with Crippen molar-refractivity contribution in [2.75, 3.05) is 13.2 Å². The summed E-state index contributed by atoms with van der Waals surface area (Å²) in [6.45, 7) is 5.21. The predicted molar refractivity (Wildman–Crippen MR) is 107 cm³/mol. The van der Waals surface area contributed by atoms with Crippen LogP contribution in [0.1, 0.15) is 104 Å². The first-order valence-corrected chi connectivity index (χ1v) is 10.7. The van der Waals surface area contributed by atoms with Crippen LogP contribution in [0.4, 0.5) is 0 Å². The Bertz CT molecular complexity index is 363. The normalized spacial score (nSPS) is 11.0. The zero-order valence-electron chi connectivity index (χ0n) is 17.1. The van der Waals surface area contributed by atoms with E-state index >= 15 is 0 Å². The van der Waals surface area contributed by atoms with Crippen molar-refractivity contribution in [1.82, 2.24) is 0 Å². The Labute approximate surface area is 160 Å². The molecule has 0 aliphatic rings. The third-order valence-corrected chi connectivity index (χ3v) is 4.34. The number of carbonyl (C=O) groups excluding carboxylic acids is 2. The lowest BCUT2D eigenvalue weighted by molar-refractivity contribution is -0.140. The van der Waals surface area contributed by atoms with Crippen LogP contribution in [0.2, 0.25) is 0 Å². The maximum atomic E-state index is 11.5. The molecule has 0 saturated carbocycles. The van der Waals surface area contributed by atoms with Crippen LogP contribution < -0.4 is 0 Å². The Balaban J connectivity index is 3.41. The van der Waals surface area contributed by atoms with Crippen molar-refractivity contribution in [3.8, 4) is 0 Å². The van der Waals surface area contributed by atoms with Crippen LogP contribution in [0.15, 0.2) is 12.2 Å². The van der Waals surface area contributed by atoms with Crippen molar-refractivity contribution in [3.05, 3.63) is 12.2 Å². The summed E-state index contributed by atoms with van der Waals surface area (Å²) in [6.07, 6.45) is 19.0. The first-order chi connectivity index (χ1) is 12.7. The third-order valence-electron chi connectivity index (χ3n) is 4.34. The highest BCUT2D eigenvalue weighted by Crippen LogP contribution is 2.10. The largest absolute Gasteiger partial charge is 0.463 e. The van der Waals surface area contributed by atoms with Crippen LogP contribution in [-0.2, 0) is 19.1 Å². The van der Waals surface area contributed by atoms with Crippen molar-refractivity contribution in [3.63, 3.8) is 0 Å². The molecule has 0 spiro atoms. The van der Waals surface area contributed by atoms with Gasteiger partial charge in [-0.05, 0) is 12.8 Å². The van der Waals surface area contributed by atoms with Crippen molar-refractivity contribution in [2.45, 2.75) is 104 Å². The van der Waals surface area contributed by atoms with Gasteiger partial charge in [0.25, 0.3) is 0 Å². The van der Waals surface area contributed by atoms with E-state index in [0.717, 1.165) is 50.7 Å². The highest BCUT2D eigenvalue weighted by molar-refractivity contribution is 5.91. The molecule has 4 heteroatoms. The number of hydrogen-bond acceptors (Lipinski definition) is 4. The van der Waals surface area contributed by atoms with E-state index in [9.17, 15) is 9.59 Å². The average molecular weight is 369 g/mol. The molecule has 0 aromatic rings. The summed E-state index contributed by atoms with van der Waals surface area (Å²) in [7, 11) is 0. The van der Waals surface area contributed by atoms with Crippen LogP contribution in [0.5, 0.6) is 0 Å². The zero-order valence-corrected chi connectivity index (χ0v) is 17.1. The third kappa shape index (κ3) is 19.0. The summed E-state index contributed by atoms with van der Waals surface area (Å²) in [4.78, 5) is 22.9. The molecule has 0 aliphatic heterocycles. The van der Waals surface area contributed by atoms with Gasteiger partial charge in [-0.25, -0.2) is 9.59 Å². The Hall–Kier alpha value is -1.32. The van der Waals surface area contributed by atoms with E-state index in [2.05, 4.69) is 13.8 Å². The fourth-order valence-corrected chi connectivity index (χ4v) is 2.70. The lowest BCUT2D eigenvalue weighted by atomic mass is 10.1. The van der Waals surface area contributed by atoms with Crippen LogP contribution in [-0.4, -0.2) is 25.2 Å². The van der Waals surface area contributed by atoms with Gasteiger partial charge in [0.05, 0.1) is 13.2 Å². The van der Waals surface area contributed by atoms with Gasteiger partial charge >= 0.3 is 11.9 Å². The summed E-state index contributed by atoms with van der Waals surface area (Å²) in [5.41, 5.74) is 0. The maximum Gasteiger partial charge on any atom is 0.331 e. The first kappa shape index (κ1) is 24.7. The highest BCUT2D eigenvalue weighted by atomic mass is 16.5. The number of ether oxygens (including phenoxy) is 2. The second-order valence-corrected chi connectivity index (χ2v) is 6.91. The molecule has 0 heterocycles. The second kappa shape index (κ2) is 20.0. The molecule has 4 nitrogen and oxygen atoms in total. The Kier molecular flexibility index (Phi) is 19.0. The van der Waals surface area contributed by atoms with E-state index in [1.165, 1.54) is 51.4 Å². The smallest absolute Gasteiger partial charge is 0.331 e. The molecule has 0 radical (unpaired) electrons. The topological polar surface area (TPSA) is 52.6 Å². The quantitative estimate of drug-likeness (QED) is 0.166. The number of unbranched alkanes of at least 4 members (excludes halogenated alkanes) is 12. The van der Waals surface area contributed by atoms with E-state index in [1.54, 1.807) is 0 Å². The van der Waals surface area contributed by atoms with Gasteiger partial charge in [0.15, 0.2) is 0 Å². The molecule has 26 heavy (non-hydrogen) atoms. The molecule has 0 N–H and O–H groups in total. The zero-order chi connectivity index (χ0) is 19.3. The van der Waals surface area contributed by atoms with Gasteiger partial charge in [0.1, 0.15) is 0 Å². The molecular formula is C22H40O4. The Morgan fingerprint density at radius 3 is 1.23 bits per heavy atom. The lowest BCUT2D eigenvalue weighted by Gasteiger charge is -2.03. The fourth-order valence-electron chi connectivity index (χ4n) is 2.70. The summed E-state index contributed by atoms with van der Waals surface area (Å²) in [5.74, 6) is -0.943. The highest BCUT2D eigenvalue weighted by Gasteiger charge is 2.01. The van der Waals surface area contributed by atoms with Crippen LogP contribution in [0, 0.1) is 0 Å². The van der Waals surface area contributed by atoms with Crippen molar-refractivity contribution >= 4 is 11.9 Å². The maximum absolute atomic E-state index is 11.5. The standard InChI is InChI=1S/C22H40O4/c1-3-5-7-9-10-11-12-13-14-16-20-26-22(24)18-17-21(23)25-19-15-8-6-4-2/h17-18H,3-16,19-20H2,1-2H3. The van der Waals surface area contributed by atoms with Gasteiger partial charge in [-0.1, -0.05) is 90.9 Å². The van der Waals surface area contributed by atoms with Gasteiger partial charge in [-0.2, -0.15) is 0 Å². The van der Waals surface area contributed by atoms with E-state index in [1.807, 2.05) is 0 Å². The predicted octanol–water partition coefficient (Wildman–Crippen LogP) is 6.13. The van der Waals surface area contributed by atoms with Gasteiger partial charge < -0.3 is 9.47 Å². The summed E-state index contributed by atoms with van der Waals surface area (Å²) >= 11 is 0. The molecule has 152 valence electrons. The van der Waals surface area contributed by atoms with Crippen molar-refractivity contribution < 1.29 is 19.1 Å². The summed E-state index contributed by atoms with van der Waals surface area (Å²) in [6, 6.07) is 0. The minimum Gasteiger partial charge on any atom is -0.463 e. The Morgan fingerprint density at radius 2 is 0.846 bits per heavy atom. The minimum absolute atomic E-state index is 0.414. The molecule has 0 atom stereocenters. The van der Waals surface area contributed by atoms with Gasteiger partial charge in [0, 0.05) is 12.2 Å². The molecule has 0 amide bonds. The molecule has 0 aliphatic carbocycles. The molecule has 0 rings (SSSR count). The van der Waals surface area contributed by atoms with Crippen molar-refractivity contribution in [2.24, 2.45) is 0 Å². The number of hydrogen-bond donors (Lipinski definition) is 0. The van der Waals surface area contributed by atoms with E-state index in [4.69, 9.17) is 9.47 Å². The molecular weight excluding hydrogens is 328 g/mol. The van der Waals surface area contributed by atoms with Crippen molar-refractivity contribution in [1.29, 1.82) is 0 Å². The van der Waals surface area contributed by atoms with Crippen LogP contribution in [0.3, 0.4) is 0 Å². The van der Waals surface area contributed by atoms with E-state index < -0.39 is 11.9 Å². The molecule has 0 aromatic heterocycles. The number of carbonyl (C=O) groups is 2. The van der Waals surface area contributed by atoms with E-state index in [-0.39, 0.29) is 0 Å². The van der Waals surface area contributed by atoms with E-state index in [0.29, 0.717) is 13.2 Å². The monoisotopic (exact) mass is 368 g/mol. The number of esters is 2. The summed E-state index contributed by atoms with van der Waals surface area (Å²) < 4.78 is 10.1. The fraction of sp³-hybridized carbons (Fsp3) is 0.818. The second-order valence-electron chi connectivity index (χ2n) is 6.91. The SMILES string of the molecule is CCCCCCCCCCCCOC(=O)C=CC(=O)OCCCCCC. The minimum atomic E-state index is -0.475. The summed E-state index contributed by atoms with van der Waals surface area (Å²) in [5, 5.41) is 0. The average Bonchev–Trinajstić information content (AvgIpc) is 2.64. The molecule has 0 aromatic carbocycles. The first-order valence-electron chi connectivity index (χ1n) is 10.7. The molecule has 0 fully saturated rings. The molecule has 0 saturated heterocycles. The molecule has 0 unspecified atom stereocenters. The lowest BCUT2D eigenvalue weighted by Crippen LogP contribution is -2.06. The number of rotatable bonds is 18. The van der Waals surface area contributed by atoms with Crippen LogP contribution >= 0.6 is 0 Å². The van der Waals surface area contributed by atoms with Crippen LogP contribution in [0.25, 0.3) is 0 Å². The Morgan fingerprint density at radius 1 is 0.538 bits per heavy atom. The van der Waals surface area contributed by atoms with Gasteiger partial charge in [0.2, 0.25) is 0 Å². The van der Waals surface area contributed by atoms with Gasteiger partial charge in [-0.3, -0.25) is 0 Å².